The maximum absolute atomic E-state index is 12.4. The first-order valence-electron chi connectivity index (χ1n) is 10.5. The molecule has 8 heteroatoms. The predicted molar refractivity (Wildman–Crippen MR) is 118 cm³/mol. The fourth-order valence-electron chi connectivity index (χ4n) is 3.86. The minimum absolute atomic E-state index is 0.141. The number of halogens is 2. The molecule has 0 saturated carbocycles. The third-order valence-corrected chi connectivity index (χ3v) is 5.35. The number of hydrogen-bond acceptors (Lipinski definition) is 4. The summed E-state index contributed by atoms with van der Waals surface area (Å²) >= 11 is 0. The Morgan fingerprint density at radius 2 is 1.87 bits per heavy atom. The molecule has 31 heavy (non-hydrogen) atoms. The summed E-state index contributed by atoms with van der Waals surface area (Å²) in [5.74, 6) is 1.65. The first-order chi connectivity index (χ1) is 15.1. The van der Waals surface area contributed by atoms with E-state index >= 15 is 0 Å². The number of benzene rings is 2. The molecule has 1 unspecified atom stereocenters. The fraction of sp³-hybridized carbons (Fsp3) is 0.435. The van der Waals surface area contributed by atoms with E-state index in [1.807, 2.05) is 24.3 Å². The van der Waals surface area contributed by atoms with Gasteiger partial charge in [-0.1, -0.05) is 30.3 Å². The zero-order valence-corrected chi connectivity index (χ0v) is 18.0. The maximum atomic E-state index is 12.4. The van der Waals surface area contributed by atoms with E-state index in [1.54, 1.807) is 26.3 Å². The molecule has 2 aromatic rings. The van der Waals surface area contributed by atoms with E-state index in [9.17, 15) is 8.78 Å². The van der Waals surface area contributed by atoms with E-state index in [2.05, 4.69) is 31.3 Å². The lowest BCUT2D eigenvalue weighted by atomic mass is 10.0. The number of aliphatic imine (C=N–C) groups is 1. The lowest BCUT2D eigenvalue weighted by Gasteiger charge is -2.30. The van der Waals surface area contributed by atoms with E-state index in [-0.39, 0.29) is 11.8 Å². The van der Waals surface area contributed by atoms with Crippen molar-refractivity contribution < 1.29 is 18.3 Å². The molecule has 0 spiro atoms. The molecule has 1 aliphatic heterocycles. The third-order valence-electron chi connectivity index (χ3n) is 5.35. The van der Waals surface area contributed by atoms with E-state index in [0.29, 0.717) is 19.0 Å². The molecule has 0 amide bonds. The molecule has 1 heterocycles. The number of alkyl halides is 2. The minimum atomic E-state index is -2.84. The van der Waals surface area contributed by atoms with Crippen LogP contribution in [0, 0.1) is 0 Å². The Labute approximate surface area is 182 Å². The van der Waals surface area contributed by atoms with Gasteiger partial charge in [0.2, 0.25) is 0 Å². The molecule has 1 saturated heterocycles. The second-order valence-corrected chi connectivity index (χ2v) is 7.33. The minimum Gasteiger partial charge on any atom is -0.496 e. The van der Waals surface area contributed by atoms with E-state index in [0.717, 1.165) is 30.0 Å². The molecule has 0 aromatic heterocycles. The van der Waals surface area contributed by atoms with Crippen LogP contribution in [0.5, 0.6) is 11.5 Å². The van der Waals surface area contributed by atoms with Crippen LogP contribution >= 0.6 is 0 Å². The highest BCUT2D eigenvalue weighted by Gasteiger charge is 2.26. The second-order valence-electron chi connectivity index (χ2n) is 7.33. The zero-order valence-electron chi connectivity index (χ0n) is 18.0. The van der Waals surface area contributed by atoms with Crippen LogP contribution < -0.4 is 20.1 Å². The van der Waals surface area contributed by atoms with Gasteiger partial charge in [0.15, 0.2) is 5.96 Å². The van der Waals surface area contributed by atoms with Crippen LogP contribution in [0.4, 0.5) is 8.78 Å². The number of nitrogens with one attached hydrogen (secondary N) is 2. The maximum Gasteiger partial charge on any atom is 0.387 e. The van der Waals surface area contributed by atoms with Crippen molar-refractivity contribution >= 4 is 5.96 Å². The highest BCUT2D eigenvalue weighted by Crippen LogP contribution is 2.31. The zero-order chi connectivity index (χ0) is 22.1. The van der Waals surface area contributed by atoms with Crippen molar-refractivity contribution in [2.75, 3.05) is 33.8 Å². The number of guanidine groups is 1. The monoisotopic (exact) mass is 432 g/mol. The summed E-state index contributed by atoms with van der Waals surface area (Å²) in [5, 5.41) is 6.64. The van der Waals surface area contributed by atoms with E-state index in [4.69, 9.17) is 4.74 Å². The van der Waals surface area contributed by atoms with Gasteiger partial charge in [0.05, 0.1) is 13.2 Å². The average Bonchev–Trinajstić information content (AvgIpc) is 3.30. The summed E-state index contributed by atoms with van der Waals surface area (Å²) in [6, 6.07) is 14.9. The van der Waals surface area contributed by atoms with Gasteiger partial charge >= 0.3 is 6.61 Å². The van der Waals surface area contributed by atoms with Crippen molar-refractivity contribution in [1.82, 2.24) is 15.5 Å². The van der Waals surface area contributed by atoms with Crippen molar-refractivity contribution in [3.63, 3.8) is 0 Å². The highest BCUT2D eigenvalue weighted by molar-refractivity contribution is 5.79. The summed E-state index contributed by atoms with van der Waals surface area (Å²) in [6.45, 7) is 0.355. The molecular weight excluding hydrogens is 402 g/mol. The van der Waals surface area contributed by atoms with Crippen molar-refractivity contribution in [2.24, 2.45) is 4.99 Å². The summed E-state index contributed by atoms with van der Waals surface area (Å²) in [6.07, 6.45) is 2.38. The van der Waals surface area contributed by atoms with Gasteiger partial charge in [-0.05, 0) is 49.7 Å². The molecule has 0 bridgehead atoms. The van der Waals surface area contributed by atoms with Crippen LogP contribution in [-0.4, -0.2) is 51.3 Å². The number of methoxy groups -OCH3 is 1. The number of hydrogen-bond donors (Lipinski definition) is 2. The van der Waals surface area contributed by atoms with Gasteiger partial charge < -0.3 is 20.1 Å². The first-order valence-corrected chi connectivity index (χ1v) is 10.5. The molecule has 0 radical (unpaired) electrons. The molecule has 0 aliphatic carbocycles. The summed E-state index contributed by atoms with van der Waals surface area (Å²) in [5.41, 5.74) is 1.97. The van der Waals surface area contributed by atoms with Crippen molar-refractivity contribution in [2.45, 2.75) is 32.0 Å². The summed E-state index contributed by atoms with van der Waals surface area (Å²) in [7, 11) is 3.40. The Morgan fingerprint density at radius 1 is 1.10 bits per heavy atom. The normalized spacial score (nSPS) is 15.7. The van der Waals surface area contributed by atoms with Crippen LogP contribution in [0.3, 0.4) is 0 Å². The summed E-state index contributed by atoms with van der Waals surface area (Å²) < 4.78 is 34.9. The molecule has 168 valence electrons. The van der Waals surface area contributed by atoms with Gasteiger partial charge in [-0.25, -0.2) is 0 Å². The lowest BCUT2D eigenvalue weighted by Crippen LogP contribution is -2.42. The van der Waals surface area contributed by atoms with Crippen LogP contribution in [0.25, 0.3) is 0 Å². The Hall–Kier alpha value is -2.87. The summed E-state index contributed by atoms with van der Waals surface area (Å²) in [4.78, 5) is 6.76. The fourth-order valence-corrected chi connectivity index (χ4v) is 3.86. The van der Waals surface area contributed by atoms with Gasteiger partial charge in [0.1, 0.15) is 11.5 Å². The number of rotatable bonds is 9. The van der Waals surface area contributed by atoms with Crippen LogP contribution in [0.2, 0.25) is 0 Å². The Balaban J connectivity index is 1.63. The molecule has 1 atom stereocenters. The lowest BCUT2D eigenvalue weighted by molar-refractivity contribution is -0.0498. The molecule has 1 fully saturated rings. The highest BCUT2D eigenvalue weighted by atomic mass is 19.3. The standard InChI is InChI=1S/C23H30F2N4O2/c1-26-23(27-15-17-8-7-9-18(14-17)31-22(24)25)28-16-20(29-12-5-6-13-29)19-10-3-4-11-21(19)30-2/h3-4,7-11,14,20,22H,5-6,12-13,15-16H2,1-2H3,(H2,26,27,28). The molecule has 6 nitrogen and oxygen atoms in total. The third kappa shape index (κ3) is 6.55. The average molecular weight is 433 g/mol. The number of ether oxygens (including phenoxy) is 2. The van der Waals surface area contributed by atoms with Crippen LogP contribution in [-0.2, 0) is 6.54 Å². The quantitative estimate of drug-likeness (QED) is 0.466. The van der Waals surface area contributed by atoms with Crippen LogP contribution in [0.15, 0.2) is 53.5 Å². The number of para-hydroxylation sites is 1. The largest absolute Gasteiger partial charge is 0.496 e. The van der Waals surface area contributed by atoms with Crippen molar-refractivity contribution in [3.05, 3.63) is 59.7 Å². The van der Waals surface area contributed by atoms with E-state index < -0.39 is 6.61 Å². The molecule has 2 N–H and O–H groups in total. The Kier molecular flexibility index (Phi) is 8.46. The molecule has 3 rings (SSSR count). The molecular formula is C23H30F2N4O2. The smallest absolute Gasteiger partial charge is 0.387 e. The van der Waals surface area contributed by atoms with E-state index in [1.165, 1.54) is 18.9 Å². The topological polar surface area (TPSA) is 58.1 Å². The van der Waals surface area contributed by atoms with Gasteiger partial charge in [-0.2, -0.15) is 8.78 Å². The predicted octanol–water partition coefficient (Wildman–Crippen LogP) is 3.80. The van der Waals surface area contributed by atoms with Gasteiger partial charge in [-0.15, -0.1) is 0 Å². The Bertz CT molecular complexity index is 857. The van der Waals surface area contributed by atoms with Crippen molar-refractivity contribution in [1.29, 1.82) is 0 Å². The Morgan fingerprint density at radius 3 is 2.58 bits per heavy atom. The van der Waals surface area contributed by atoms with Gasteiger partial charge in [-0.3, -0.25) is 9.89 Å². The molecule has 1 aliphatic rings. The van der Waals surface area contributed by atoms with Gasteiger partial charge in [0.25, 0.3) is 0 Å². The SMILES string of the molecule is CN=C(NCc1cccc(OC(F)F)c1)NCC(c1ccccc1OC)N1CCCC1. The van der Waals surface area contributed by atoms with Crippen LogP contribution in [0.1, 0.15) is 30.0 Å². The van der Waals surface area contributed by atoms with Gasteiger partial charge in [0, 0.05) is 25.7 Å². The van der Waals surface area contributed by atoms with Crippen molar-refractivity contribution in [3.8, 4) is 11.5 Å². The number of nitrogens with zero attached hydrogens (tertiary/aromatic N) is 2. The number of likely N-dealkylation sites (tertiary alicyclic amines) is 1. The molecule has 2 aromatic carbocycles. The second kappa shape index (κ2) is 11.5. The first kappa shape index (κ1) is 22.8.